The van der Waals surface area contributed by atoms with Gasteiger partial charge in [-0.15, -0.1) is 11.8 Å². The predicted octanol–water partition coefficient (Wildman–Crippen LogP) is 3.43. The van der Waals surface area contributed by atoms with Crippen LogP contribution in [0.1, 0.15) is 5.56 Å². The number of benzene rings is 2. The van der Waals surface area contributed by atoms with Crippen LogP contribution in [0.5, 0.6) is 5.75 Å². The van der Waals surface area contributed by atoms with E-state index in [1.807, 2.05) is 37.3 Å². The maximum absolute atomic E-state index is 11.8. The molecule has 4 heteroatoms. The number of aryl methyl sites for hydroxylation is 1. The SMILES string of the molecule is Cc1ccc(NC(=O)CSc2ccccc2O)cc1. The average Bonchev–Trinajstić information content (AvgIpc) is 2.40. The Morgan fingerprint density at radius 2 is 1.84 bits per heavy atom. The van der Waals surface area contributed by atoms with E-state index in [1.165, 1.54) is 11.8 Å². The summed E-state index contributed by atoms with van der Waals surface area (Å²) in [6, 6.07) is 14.6. The van der Waals surface area contributed by atoms with E-state index < -0.39 is 0 Å². The van der Waals surface area contributed by atoms with Gasteiger partial charge < -0.3 is 10.4 Å². The standard InChI is InChI=1S/C15H15NO2S/c1-11-6-8-12(9-7-11)16-15(18)10-19-14-5-3-2-4-13(14)17/h2-9,17H,10H2,1H3,(H,16,18). The second kappa shape index (κ2) is 6.29. The lowest BCUT2D eigenvalue weighted by Crippen LogP contribution is -2.13. The molecule has 2 aromatic rings. The lowest BCUT2D eigenvalue weighted by Gasteiger charge is -2.06. The van der Waals surface area contributed by atoms with Gasteiger partial charge in [-0.2, -0.15) is 0 Å². The van der Waals surface area contributed by atoms with Crippen molar-refractivity contribution in [3.05, 3.63) is 54.1 Å². The van der Waals surface area contributed by atoms with Gasteiger partial charge in [0.25, 0.3) is 0 Å². The Morgan fingerprint density at radius 3 is 2.53 bits per heavy atom. The molecule has 0 aromatic heterocycles. The van der Waals surface area contributed by atoms with Gasteiger partial charge in [0, 0.05) is 10.6 Å². The number of phenols is 1. The monoisotopic (exact) mass is 273 g/mol. The van der Waals surface area contributed by atoms with Crippen LogP contribution in [0, 0.1) is 6.92 Å². The highest BCUT2D eigenvalue weighted by Gasteiger charge is 2.06. The molecule has 0 saturated carbocycles. The third-order valence-electron chi connectivity index (χ3n) is 2.56. The van der Waals surface area contributed by atoms with Crippen LogP contribution in [0.3, 0.4) is 0 Å². The highest BCUT2D eigenvalue weighted by molar-refractivity contribution is 8.00. The number of rotatable bonds is 4. The Hall–Kier alpha value is -1.94. The quantitative estimate of drug-likeness (QED) is 0.839. The van der Waals surface area contributed by atoms with Crippen LogP contribution in [0.2, 0.25) is 0 Å². The van der Waals surface area contributed by atoms with Gasteiger partial charge >= 0.3 is 0 Å². The third kappa shape index (κ3) is 4.03. The number of amides is 1. The first kappa shape index (κ1) is 13.5. The molecule has 0 atom stereocenters. The largest absolute Gasteiger partial charge is 0.507 e. The number of anilines is 1. The van der Waals surface area contributed by atoms with Crippen molar-refractivity contribution in [1.82, 2.24) is 0 Å². The van der Waals surface area contributed by atoms with E-state index in [1.54, 1.807) is 18.2 Å². The molecule has 0 bridgehead atoms. The summed E-state index contributed by atoms with van der Waals surface area (Å²) in [6.07, 6.45) is 0. The maximum atomic E-state index is 11.8. The van der Waals surface area contributed by atoms with E-state index in [9.17, 15) is 9.90 Å². The molecule has 2 aromatic carbocycles. The van der Waals surface area contributed by atoms with Crippen molar-refractivity contribution >= 4 is 23.4 Å². The fourth-order valence-electron chi connectivity index (χ4n) is 1.56. The van der Waals surface area contributed by atoms with Gasteiger partial charge in [0.2, 0.25) is 5.91 Å². The number of para-hydroxylation sites is 1. The molecule has 0 heterocycles. The Balaban J connectivity index is 1.88. The van der Waals surface area contributed by atoms with Crippen molar-refractivity contribution < 1.29 is 9.90 Å². The average molecular weight is 273 g/mol. The van der Waals surface area contributed by atoms with Crippen molar-refractivity contribution in [3.8, 4) is 5.75 Å². The zero-order valence-corrected chi connectivity index (χ0v) is 11.4. The molecule has 0 aliphatic rings. The summed E-state index contributed by atoms with van der Waals surface area (Å²) in [5.41, 5.74) is 1.94. The Morgan fingerprint density at radius 1 is 1.16 bits per heavy atom. The number of aromatic hydroxyl groups is 1. The zero-order chi connectivity index (χ0) is 13.7. The molecule has 1 amide bonds. The molecule has 2 N–H and O–H groups in total. The molecule has 3 nitrogen and oxygen atoms in total. The van der Waals surface area contributed by atoms with Crippen LogP contribution < -0.4 is 5.32 Å². The third-order valence-corrected chi connectivity index (χ3v) is 3.62. The van der Waals surface area contributed by atoms with Crippen molar-refractivity contribution in [2.45, 2.75) is 11.8 Å². The van der Waals surface area contributed by atoms with Crippen molar-refractivity contribution in [3.63, 3.8) is 0 Å². The van der Waals surface area contributed by atoms with E-state index in [-0.39, 0.29) is 17.4 Å². The van der Waals surface area contributed by atoms with E-state index in [0.717, 1.165) is 11.3 Å². The van der Waals surface area contributed by atoms with Gasteiger partial charge in [0.05, 0.1) is 5.75 Å². The van der Waals surface area contributed by atoms with E-state index in [0.29, 0.717) is 4.90 Å². The van der Waals surface area contributed by atoms with E-state index >= 15 is 0 Å². The Kier molecular flexibility index (Phi) is 4.47. The smallest absolute Gasteiger partial charge is 0.234 e. The van der Waals surface area contributed by atoms with Crippen LogP contribution in [0.4, 0.5) is 5.69 Å². The molecule has 2 rings (SSSR count). The molecule has 0 aliphatic heterocycles. The number of nitrogens with one attached hydrogen (secondary N) is 1. The summed E-state index contributed by atoms with van der Waals surface area (Å²) in [6.45, 7) is 2.00. The Labute approximate surface area is 116 Å². The highest BCUT2D eigenvalue weighted by atomic mass is 32.2. The second-order valence-electron chi connectivity index (χ2n) is 4.17. The van der Waals surface area contributed by atoms with Crippen LogP contribution in [-0.2, 0) is 4.79 Å². The molecule has 0 aliphatic carbocycles. The predicted molar refractivity (Wildman–Crippen MR) is 78.6 cm³/mol. The summed E-state index contributed by atoms with van der Waals surface area (Å²) in [7, 11) is 0. The minimum atomic E-state index is -0.0860. The number of phenolic OH excluding ortho intramolecular Hbond substituents is 1. The first-order valence-corrected chi connectivity index (χ1v) is 6.91. The highest BCUT2D eigenvalue weighted by Crippen LogP contribution is 2.27. The number of hydrogen-bond donors (Lipinski definition) is 2. The number of hydrogen-bond acceptors (Lipinski definition) is 3. The molecular formula is C15H15NO2S. The first-order valence-electron chi connectivity index (χ1n) is 5.92. The Bertz CT molecular complexity index is 567. The number of carbonyl (C=O) groups excluding carboxylic acids is 1. The van der Waals surface area contributed by atoms with Gasteiger partial charge in [-0.3, -0.25) is 4.79 Å². The molecule has 19 heavy (non-hydrogen) atoms. The topological polar surface area (TPSA) is 49.3 Å². The van der Waals surface area contributed by atoms with Gasteiger partial charge in [-0.05, 0) is 31.2 Å². The van der Waals surface area contributed by atoms with Gasteiger partial charge in [0.1, 0.15) is 5.75 Å². The first-order chi connectivity index (χ1) is 9.15. The normalized spacial score (nSPS) is 10.2. The molecule has 0 unspecified atom stereocenters. The maximum Gasteiger partial charge on any atom is 0.234 e. The minimum Gasteiger partial charge on any atom is -0.507 e. The number of carbonyl (C=O) groups is 1. The van der Waals surface area contributed by atoms with Gasteiger partial charge in [-0.25, -0.2) is 0 Å². The summed E-state index contributed by atoms with van der Waals surface area (Å²) < 4.78 is 0. The van der Waals surface area contributed by atoms with E-state index in [4.69, 9.17) is 0 Å². The lowest BCUT2D eigenvalue weighted by atomic mass is 10.2. The summed E-state index contributed by atoms with van der Waals surface area (Å²) in [5.74, 6) is 0.388. The molecule has 0 fully saturated rings. The lowest BCUT2D eigenvalue weighted by molar-refractivity contribution is -0.113. The zero-order valence-electron chi connectivity index (χ0n) is 10.6. The molecule has 98 valence electrons. The molecule has 0 saturated heterocycles. The van der Waals surface area contributed by atoms with Crippen LogP contribution in [-0.4, -0.2) is 16.8 Å². The molecular weight excluding hydrogens is 258 g/mol. The summed E-state index contributed by atoms with van der Waals surface area (Å²) in [5, 5.41) is 12.4. The van der Waals surface area contributed by atoms with Crippen LogP contribution in [0.15, 0.2) is 53.4 Å². The number of thioether (sulfide) groups is 1. The second-order valence-corrected chi connectivity index (χ2v) is 5.19. The fraction of sp³-hybridized carbons (Fsp3) is 0.133. The van der Waals surface area contributed by atoms with Crippen LogP contribution >= 0.6 is 11.8 Å². The van der Waals surface area contributed by atoms with Crippen molar-refractivity contribution in [2.24, 2.45) is 0 Å². The van der Waals surface area contributed by atoms with Gasteiger partial charge in [0.15, 0.2) is 0 Å². The van der Waals surface area contributed by atoms with Crippen molar-refractivity contribution in [1.29, 1.82) is 0 Å². The van der Waals surface area contributed by atoms with Crippen LogP contribution in [0.25, 0.3) is 0 Å². The minimum absolute atomic E-state index is 0.0860. The molecule has 0 radical (unpaired) electrons. The van der Waals surface area contributed by atoms with Gasteiger partial charge in [-0.1, -0.05) is 29.8 Å². The van der Waals surface area contributed by atoms with Crippen molar-refractivity contribution in [2.75, 3.05) is 11.1 Å². The molecule has 0 spiro atoms. The fourth-order valence-corrected chi connectivity index (χ4v) is 2.31. The summed E-state index contributed by atoms with van der Waals surface area (Å²) in [4.78, 5) is 12.5. The summed E-state index contributed by atoms with van der Waals surface area (Å²) >= 11 is 1.32. The van der Waals surface area contributed by atoms with E-state index in [2.05, 4.69) is 5.32 Å².